The van der Waals surface area contributed by atoms with E-state index < -0.39 is 0 Å². The lowest BCUT2D eigenvalue weighted by molar-refractivity contribution is -0.114. The first kappa shape index (κ1) is 10.5. The molecular weight excluding hydrogens is 214 g/mol. The average molecular weight is 229 g/mol. The van der Waals surface area contributed by atoms with Crippen LogP contribution in [0.4, 0.5) is 5.69 Å². The van der Waals surface area contributed by atoms with Crippen LogP contribution >= 0.6 is 0 Å². The zero-order chi connectivity index (χ0) is 12.0. The van der Waals surface area contributed by atoms with Crippen LogP contribution in [0.15, 0.2) is 18.2 Å². The van der Waals surface area contributed by atoms with Crippen molar-refractivity contribution in [1.29, 1.82) is 0 Å². The van der Waals surface area contributed by atoms with Crippen molar-refractivity contribution in [3.05, 3.63) is 29.3 Å². The van der Waals surface area contributed by atoms with Crippen molar-refractivity contribution in [2.75, 3.05) is 11.4 Å². The van der Waals surface area contributed by atoms with Gasteiger partial charge < -0.3 is 4.90 Å². The van der Waals surface area contributed by atoms with E-state index in [0.717, 1.165) is 23.6 Å². The summed E-state index contributed by atoms with van der Waals surface area (Å²) in [4.78, 5) is 25.4. The van der Waals surface area contributed by atoms with Crippen LogP contribution in [0.5, 0.6) is 0 Å². The van der Waals surface area contributed by atoms with E-state index in [1.54, 1.807) is 11.0 Å². The number of nitrogens with zero attached hydrogens (tertiary/aromatic N) is 1. The predicted octanol–water partition coefficient (Wildman–Crippen LogP) is 2.32. The molecule has 0 spiro atoms. The minimum absolute atomic E-state index is 0.348. The number of aryl methyl sites for hydroxylation is 1. The van der Waals surface area contributed by atoms with E-state index >= 15 is 0 Å². The highest BCUT2D eigenvalue weighted by Gasteiger charge is 2.37. The molecule has 0 N–H and O–H groups in total. The van der Waals surface area contributed by atoms with Gasteiger partial charge in [0.25, 0.3) is 11.7 Å². The molecular formula is C14H15NO2. The van der Waals surface area contributed by atoms with Crippen LogP contribution in [0.25, 0.3) is 0 Å². The van der Waals surface area contributed by atoms with E-state index in [0.29, 0.717) is 12.1 Å². The molecule has 0 saturated heterocycles. The Morgan fingerprint density at radius 3 is 2.76 bits per heavy atom. The molecule has 1 fully saturated rings. The van der Waals surface area contributed by atoms with Crippen molar-refractivity contribution < 1.29 is 9.59 Å². The number of carbonyl (C=O) groups is 2. The van der Waals surface area contributed by atoms with Crippen LogP contribution < -0.4 is 4.90 Å². The molecule has 0 radical (unpaired) electrons. The summed E-state index contributed by atoms with van der Waals surface area (Å²) < 4.78 is 0. The summed E-state index contributed by atoms with van der Waals surface area (Å²) in [5, 5.41) is 0. The molecule has 3 heteroatoms. The maximum Gasteiger partial charge on any atom is 0.299 e. The van der Waals surface area contributed by atoms with Crippen LogP contribution in [0.1, 0.15) is 35.2 Å². The Bertz CT molecular complexity index is 503. The summed E-state index contributed by atoms with van der Waals surface area (Å²) in [6.45, 7) is 2.64. The second-order valence-electron chi connectivity index (χ2n) is 4.99. The highest BCUT2D eigenvalue weighted by molar-refractivity contribution is 6.52. The lowest BCUT2D eigenvalue weighted by Crippen LogP contribution is -2.31. The first-order valence-electron chi connectivity index (χ1n) is 6.14. The van der Waals surface area contributed by atoms with Crippen molar-refractivity contribution >= 4 is 17.4 Å². The van der Waals surface area contributed by atoms with Crippen LogP contribution in [-0.4, -0.2) is 18.2 Å². The van der Waals surface area contributed by atoms with Crippen LogP contribution in [-0.2, 0) is 4.79 Å². The van der Waals surface area contributed by atoms with Gasteiger partial charge in [-0.25, -0.2) is 0 Å². The number of rotatable bonds is 3. The Morgan fingerprint density at radius 2 is 2.06 bits per heavy atom. The summed E-state index contributed by atoms with van der Waals surface area (Å²) in [6, 6.07) is 5.54. The van der Waals surface area contributed by atoms with Crippen LogP contribution in [0.3, 0.4) is 0 Å². The van der Waals surface area contributed by atoms with Gasteiger partial charge >= 0.3 is 0 Å². The molecule has 3 nitrogen and oxygen atoms in total. The van der Waals surface area contributed by atoms with E-state index in [-0.39, 0.29) is 11.7 Å². The lowest BCUT2D eigenvalue weighted by Gasteiger charge is -2.18. The molecule has 1 saturated carbocycles. The molecule has 0 atom stereocenters. The minimum Gasteiger partial charge on any atom is -0.304 e. The number of para-hydroxylation sites is 1. The molecule has 1 aliphatic heterocycles. The van der Waals surface area contributed by atoms with Gasteiger partial charge in [0.1, 0.15) is 0 Å². The standard InChI is InChI=1S/C14H15NO2/c1-9-3-2-4-11-12(9)15(14(17)13(11)16)8-7-10-5-6-10/h2-4,10H,5-8H2,1H3. The predicted molar refractivity (Wildman–Crippen MR) is 65.2 cm³/mol. The third-order valence-corrected chi connectivity index (χ3v) is 3.65. The molecule has 1 aromatic carbocycles. The number of benzene rings is 1. The quantitative estimate of drug-likeness (QED) is 0.746. The normalized spacial score (nSPS) is 18.8. The van der Waals surface area contributed by atoms with Crippen molar-refractivity contribution in [2.45, 2.75) is 26.2 Å². The van der Waals surface area contributed by atoms with Gasteiger partial charge in [-0.3, -0.25) is 9.59 Å². The van der Waals surface area contributed by atoms with Gasteiger partial charge in [-0.05, 0) is 30.9 Å². The van der Waals surface area contributed by atoms with Gasteiger partial charge in [0.2, 0.25) is 0 Å². The molecule has 0 unspecified atom stereocenters. The number of ketones is 1. The summed E-state index contributed by atoms with van der Waals surface area (Å²) in [7, 11) is 0. The highest BCUT2D eigenvalue weighted by atomic mass is 16.2. The first-order valence-corrected chi connectivity index (χ1v) is 6.14. The smallest absolute Gasteiger partial charge is 0.299 e. The van der Waals surface area contributed by atoms with Crippen molar-refractivity contribution in [1.82, 2.24) is 0 Å². The Morgan fingerprint density at radius 1 is 1.29 bits per heavy atom. The number of hydrogen-bond acceptors (Lipinski definition) is 2. The van der Waals surface area contributed by atoms with E-state index in [2.05, 4.69) is 0 Å². The Balaban J connectivity index is 1.93. The number of anilines is 1. The molecule has 1 aliphatic carbocycles. The number of fused-ring (bicyclic) bond motifs is 1. The maximum absolute atomic E-state index is 11.9. The zero-order valence-electron chi connectivity index (χ0n) is 9.90. The van der Waals surface area contributed by atoms with Gasteiger partial charge in [0.15, 0.2) is 0 Å². The third-order valence-electron chi connectivity index (χ3n) is 3.65. The fourth-order valence-electron chi connectivity index (χ4n) is 2.47. The van der Waals surface area contributed by atoms with Crippen molar-refractivity contribution in [3.63, 3.8) is 0 Å². The number of amides is 1. The third kappa shape index (κ3) is 1.66. The highest BCUT2D eigenvalue weighted by Crippen LogP contribution is 2.36. The largest absolute Gasteiger partial charge is 0.304 e. The molecule has 0 bridgehead atoms. The molecule has 88 valence electrons. The summed E-state index contributed by atoms with van der Waals surface area (Å²) >= 11 is 0. The van der Waals surface area contributed by atoms with Gasteiger partial charge in [0, 0.05) is 6.54 Å². The molecule has 1 aromatic rings. The topological polar surface area (TPSA) is 37.4 Å². The Hall–Kier alpha value is -1.64. The molecule has 2 aliphatic rings. The van der Waals surface area contributed by atoms with E-state index in [9.17, 15) is 9.59 Å². The number of Topliss-reactive ketones (excluding diaryl/α,β-unsaturated/α-hetero) is 1. The minimum atomic E-state index is -0.352. The van der Waals surface area contributed by atoms with Gasteiger partial charge in [-0.15, -0.1) is 0 Å². The number of carbonyl (C=O) groups excluding carboxylic acids is 2. The SMILES string of the molecule is Cc1cccc2c1N(CCC1CC1)C(=O)C2=O. The molecule has 3 rings (SSSR count). The van der Waals surface area contributed by atoms with Gasteiger partial charge in [-0.2, -0.15) is 0 Å². The number of hydrogen-bond donors (Lipinski definition) is 0. The van der Waals surface area contributed by atoms with Crippen LogP contribution in [0, 0.1) is 12.8 Å². The van der Waals surface area contributed by atoms with Crippen LogP contribution in [0.2, 0.25) is 0 Å². The molecule has 0 aromatic heterocycles. The average Bonchev–Trinajstić information content (AvgIpc) is 3.10. The lowest BCUT2D eigenvalue weighted by atomic mass is 10.1. The second-order valence-corrected chi connectivity index (χ2v) is 4.99. The van der Waals surface area contributed by atoms with Crippen molar-refractivity contribution in [3.8, 4) is 0 Å². The summed E-state index contributed by atoms with van der Waals surface area (Å²) in [5.74, 6) is 0.0698. The molecule has 1 amide bonds. The maximum atomic E-state index is 11.9. The fourth-order valence-corrected chi connectivity index (χ4v) is 2.47. The first-order chi connectivity index (χ1) is 8.18. The monoisotopic (exact) mass is 229 g/mol. The Kier molecular flexibility index (Phi) is 2.28. The summed E-state index contributed by atoms with van der Waals surface area (Å²) in [5.41, 5.74) is 2.42. The zero-order valence-corrected chi connectivity index (χ0v) is 9.90. The second kappa shape index (κ2) is 3.69. The van der Waals surface area contributed by atoms with Gasteiger partial charge in [0.05, 0.1) is 11.3 Å². The van der Waals surface area contributed by atoms with E-state index in [4.69, 9.17) is 0 Å². The van der Waals surface area contributed by atoms with Crippen molar-refractivity contribution in [2.24, 2.45) is 5.92 Å². The van der Waals surface area contributed by atoms with Gasteiger partial charge in [-0.1, -0.05) is 25.0 Å². The molecule has 1 heterocycles. The molecule has 17 heavy (non-hydrogen) atoms. The Labute approximate surface area is 100 Å². The summed E-state index contributed by atoms with van der Waals surface area (Å²) in [6.07, 6.45) is 3.57. The fraction of sp³-hybridized carbons (Fsp3) is 0.429. The van der Waals surface area contributed by atoms with E-state index in [1.807, 2.05) is 19.1 Å². The van der Waals surface area contributed by atoms with E-state index in [1.165, 1.54) is 12.8 Å².